The van der Waals surface area contributed by atoms with Gasteiger partial charge in [0, 0.05) is 11.0 Å². The van der Waals surface area contributed by atoms with Crippen LogP contribution in [0.15, 0.2) is 78.1 Å². The molecule has 2 aromatic heterocycles. The van der Waals surface area contributed by atoms with Gasteiger partial charge in [-0.2, -0.15) is 0 Å². The fraction of sp³-hybridized carbons (Fsp3) is 0.211. The van der Waals surface area contributed by atoms with Crippen molar-refractivity contribution in [1.29, 1.82) is 0 Å². The highest BCUT2D eigenvalue weighted by Gasteiger charge is 2.24. The van der Waals surface area contributed by atoms with E-state index in [1.54, 1.807) is 24.5 Å². The molecule has 1 unspecified atom stereocenters. The van der Waals surface area contributed by atoms with Crippen LogP contribution in [0.25, 0.3) is 0 Å². The van der Waals surface area contributed by atoms with Crippen molar-refractivity contribution in [3.8, 4) is 0 Å². The standard InChI is InChI=1S/C19H19BrN2O5S/c1-22(2)15(16-4-3-11-26-16)12-21-19(23)17-9-10-18(27-17)28(24,25)14-7-5-13(20)6-8-14/h3-11,15H,12H2,1-2H3,(H,21,23). The zero-order valence-corrected chi connectivity index (χ0v) is 17.7. The van der Waals surface area contributed by atoms with Crippen LogP contribution in [-0.2, 0) is 9.84 Å². The maximum Gasteiger partial charge on any atom is 0.287 e. The second-order valence-corrected chi connectivity index (χ2v) is 9.08. The van der Waals surface area contributed by atoms with Gasteiger partial charge >= 0.3 is 0 Å². The first kappa shape index (κ1) is 20.4. The van der Waals surface area contributed by atoms with Gasteiger partial charge in [-0.1, -0.05) is 15.9 Å². The van der Waals surface area contributed by atoms with Crippen LogP contribution in [-0.4, -0.2) is 39.9 Å². The summed E-state index contributed by atoms with van der Waals surface area (Å²) in [4.78, 5) is 14.4. The Balaban J connectivity index is 1.72. The molecular formula is C19H19BrN2O5S. The van der Waals surface area contributed by atoms with Crippen molar-refractivity contribution >= 4 is 31.7 Å². The van der Waals surface area contributed by atoms with Crippen LogP contribution < -0.4 is 5.32 Å². The van der Waals surface area contributed by atoms with E-state index in [9.17, 15) is 13.2 Å². The Bertz CT molecular complexity index is 1040. The zero-order valence-electron chi connectivity index (χ0n) is 15.3. The first-order chi connectivity index (χ1) is 13.3. The number of carbonyl (C=O) groups is 1. The molecule has 9 heteroatoms. The first-order valence-corrected chi connectivity index (χ1v) is 10.6. The summed E-state index contributed by atoms with van der Waals surface area (Å²) in [6.07, 6.45) is 1.57. The number of halogens is 1. The van der Waals surface area contributed by atoms with Gasteiger partial charge < -0.3 is 14.2 Å². The Morgan fingerprint density at radius 2 is 1.86 bits per heavy atom. The van der Waals surface area contributed by atoms with Crippen molar-refractivity contribution in [2.75, 3.05) is 20.6 Å². The van der Waals surface area contributed by atoms with Crippen molar-refractivity contribution < 1.29 is 22.0 Å². The number of furan rings is 2. The number of nitrogens with zero attached hydrogens (tertiary/aromatic N) is 1. The van der Waals surface area contributed by atoms with Gasteiger partial charge in [-0.25, -0.2) is 8.42 Å². The minimum atomic E-state index is -3.84. The molecule has 7 nitrogen and oxygen atoms in total. The normalized spacial score (nSPS) is 12.9. The lowest BCUT2D eigenvalue weighted by Crippen LogP contribution is -2.34. The second kappa shape index (κ2) is 8.34. The lowest BCUT2D eigenvalue weighted by atomic mass is 10.2. The zero-order chi connectivity index (χ0) is 20.3. The highest BCUT2D eigenvalue weighted by Crippen LogP contribution is 2.24. The molecule has 0 aliphatic carbocycles. The second-order valence-electron chi connectivity index (χ2n) is 6.28. The summed E-state index contributed by atoms with van der Waals surface area (Å²) in [7, 11) is -0.0990. The van der Waals surface area contributed by atoms with Gasteiger partial charge in [-0.15, -0.1) is 0 Å². The summed E-state index contributed by atoms with van der Waals surface area (Å²) < 4.78 is 36.8. The molecule has 1 atom stereocenters. The van der Waals surface area contributed by atoms with Gasteiger partial charge in [-0.05, 0) is 62.6 Å². The number of likely N-dealkylation sites (N-methyl/N-ethyl adjacent to an activating group) is 1. The number of sulfone groups is 1. The van der Waals surface area contributed by atoms with Crippen LogP contribution in [0.4, 0.5) is 0 Å². The molecule has 0 aliphatic rings. The van der Waals surface area contributed by atoms with E-state index in [1.807, 2.05) is 25.1 Å². The maximum absolute atomic E-state index is 12.6. The van der Waals surface area contributed by atoms with E-state index >= 15 is 0 Å². The lowest BCUT2D eigenvalue weighted by Gasteiger charge is -2.22. The van der Waals surface area contributed by atoms with E-state index in [2.05, 4.69) is 21.2 Å². The Kier molecular flexibility index (Phi) is 6.07. The van der Waals surface area contributed by atoms with Crippen LogP contribution in [0, 0.1) is 0 Å². The van der Waals surface area contributed by atoms with E-state index in [1.165, 1.54) is 24.3 Å². The number of hydrogen-bond donors (Lipinski definition) is 1. The van der Waals surface area contributed by atoms with E-state index in [0.717, 1.165) is 4.47 Å². The summed E-state index contributed by atoms with van der Waals surface area (Å²) in [6, 6.07) is 12.2. The van der Waals surface area contributed by atoms with Gasteiger partial charge in [0.1, 0.15) is 5.76 Å². The molecule has 0 radical (unpaired) electrons. The number of rotatable bonds is 7. The molecule has 0 fully saturated rings. The number of carbonyl (C=O) groups excluding carboxylic acids is 1. The van der Waals surface area contributed by atoms with Crippen molar-refractivity contribution in [3.05, 3.63) is 70.8 Å². The predicted molar refractivity (Wildman–Crippen MR) is 106 cm³/mol. The lowest BCUT2D eigenvalue weighted by molar-refractivity contribution is 0.0906. The highest BCUT2D eigenvalue weighted by atomic mass is 79.9. The number of benzene rings is 1. The van der Waals surface area contributed by atoms with Crippen LogP contribution in [0.2, 0.25) is 0 Å². The van der Waals surface area contributed by atoms with Gasteiger partial charge in [-0.3, -0.25) is 9.69 Å². The molecule has 3 aromatic rings. The minimum Gasteiger partial charge on any atom is -0.468 e. The molecular weight excluding hydrogens is 448 g/mol. The number of nitrogens with one attached hydrogen (secondary N) is 1. The molecule has 1 amide bonds. The van der Waals surface area contributed by atoms with Crippen molar-refractivity contribution in [2.24, 2.45) is 0 Å². The molecule has 0 saturated carbocycles. The third-order valence-electron chi connectivity index (χ3n) is 4.14. The number of hydrogen-bond acceptors (Lipinski definition) is 6. The third kappa shape index (κ3) is 4.37. The van der Waals surface area contributed by atoms with Gasteiger partial charge in [0.15, 0.2) is 5.76 Å². The molecule has 1 aromatic carbocycles. The predicted octanol–water partition coefficient (Wildman–Crippen LogP) is 3.50. The molecule has 1 N–H and O–H groups in total. The molecule has 148 valence electrons. The van der Waals surface area contributed by atoms with Gasteiger partial charge in [0.25, 0.3) is 5.91 Å². The van der Waals surface area contributed by atoms with Crippen molar-refractivity contribution in [1.82, 2.24) is 10.2 Å². The molecule has 3 rings (SSSR count). The Morgan fingerprint density at radius 1 is 1.14 bits per heavy atom. The first-order valence-electron chi connectivity index (χ1n) is 8.37. The monoisotopic (exact) mass is 466 g/mol. The molecule has 2 heterocycles. The summed E-state index contributed by atoms with van der Waals surface area (Å²) >= 11 is 3.26. The van der Waals surface area contributed by atoms with Crippen LogP contribution in [0.3, 0.4) is 0 Å². The van der Waals surface area contributed by atoms with Crippen molar-refractivity contribution in [2.45, 2.75) is 16.0 Å². The van der Waals surface area contributed by atoms with Crippen LogP contribution in [0.1, 0.15) is 22.4 Å². The average Bonchev–Trinajstić information content (AvgIpc) is 3.34. The average molecular weight is 467 g/mol. The minimum absolute atomic E-state index is 0.0763. The maximum atomic E-state index is 12.6. The highest BCUT2D eigenvalue weighted by molar-refractivity contribution is 9.10. The third-order valence-corrected chi connectivity index (χ3v) is 6.32. The summed E-state index contributed by atoms with van der Waals surface area (Å²) in [6.45, 7) is 0.273. The topological polar surface area (TPSA) is 92.8 Å². The molecule has 28 heavy (non-hydrogen) atoms. The molecule has 0 bridgehead atoms. The largest absolute Gasteiger partial charge is 0.468 e. The van der Waals surface area contributed by atoms with E-state index < -0.39 is 15.7 Å². The van der Waals surface area contributed by atoms with Crippen LogP contribution in [0.5, 0.6) is 0 Å². The number of amides is 1. The Labute approximate surface area is 171 Å². The fourth-order valence-corrected chi connectivity index (χ4v) is 4.05. The fourth-order valence-electron chi connectivity index (χ4n) is 2.61. The Hall–Kier alpha value is -2.36. The molecule has 0 saturated heterocycles. The summed E-state index contributed by atoms with van der Waals surface area (Å²) in [5, 5.41) is 2.46. The summed E-state index contributed by atoms with van der Waals surface area (Å²) in [5.41, 5.74) is 0. The molecule has 0 spiro atoms. The quantitative estimate of drug-likeness (QED) is 0.572. The van der Waals surface area contributed by atoms with E-state index in [0.29, 0.717) is 5.76 Å². The summed E-state index contributed by atoms with van der Waals surface area (Å²) in [5.74, 6) is 0.131. The Morgan fingerprint density at radius 3 is 2.46 bits per heavy atom. The van der Waals surface area contributed by atoms with Crippen molar-refractivity contribution in [3.63, 3.8) is 0 Å². The SMILES string of the molecule is CN(C)C(CNC(=O)c1ccc(S(=O)(=O)c2ccc(Br)cc2)o1)c1ccco1. The van der Waals surface area contributed by atoms with E-state index in [-0.39, 0.29) is 28.3 Å². The van der Waals surface area contributed by atoms with Crippen LogP contribution >= 0.6 is 15.9 Å². The van der Waals surface area contributed by atoms with Gasteiger partial charge in [0.2, 0.25) is 14.9 Å². The smallest absolute Gasteiger partial charge is 0.287 e. The van der Waals surface area contributed by atoms with E-state index in [4.69, 9.17) is 8.83 Å². The molecule has 0 aliphatic heterocycles. The van der Waals surface area contributed by atoms with Gasteiger partial charge in [0.05, 0.1) is 17.2 Å².